The molecule has 0 spiro atoms. The Morgan fingerprint density at radius 1 is 1.07 bits per heavy atom. The lowest BCUT2D eigenvalue weighted by Crippen LogP contribution is -2.58. The zero-order valence-corrected chi connectivity index (χ0v) is 17.8. The first-order valence-corrected chi connectivity index (χ1v) is 10.7. The van der Waals surface area contributed by atoms with Crippen LogP contribution in [0.15, 0.2) is 23.3 Å². The van der Waals surface area contributed by atoms with Crippen LogP contribution in [0.4, 0.5) is 0 Å². The van der Waals surface area contributed by atoms with Crippen LogP contribution in [0.25, 0.3) is 0 Å². The van der Waals surface area contributed by atoms with Crippen LogP contribution in [0.2, 0.25) is 0 Å². The summed E-state index contributed by atoms with van der Waals surface area (Å²) in [7, 11) is 0. The molecule has 2 fully saturated rings. The molecule has 0 aromatic rings. The number of rotatable bonds is 2. The summed E-state index contributed by atoms with van der Waals surface area (Å²) in [6.07, 6.45) is 9.20. The van der Waals surface area contributed by atoms with Gasteiger partial charge in [0.15, 0.2) is 17.2 Å². The number of ketones is 2. The molecule has 0 aromatic heterocycles. The molecule has 152 valence electrons. The highest BCUT2D eigenvalue weighted by Crippen LogP contribution is 2.67. The zero-order chi connectivity index (χ0) is 20.5. The molecule has 0 aliphatic heterocycles. The first kappa shape index (κ1) is 19.6. The Morgan fingerprint density at radius 3 is 2.39 bits per heavy atom. The Hall–Kier alpha value is -1.71. The molecule has 0 aromatic carbocycles. The summed E-state index contributed by atoms with van der Waals surface area (Å²) in [6.45, 7) is 9.63. The average Bonchev–Trinajstić information content (AvgIpc) is 2.90. The van der Waals surface area contributed by atoms with Gasteiger partial charge in [0.2, 0.25) is 0 Å². The fourth-order valence-electron chi connectivity index (χ4n) is 7.48. The molecule has 0 radical (unpaired) electrons. The van der Waals surface area contributed by atoms with E-state index >= 15 is 0 Å². The lowest BCUT2D eigenvalue weighted by atomic mass is 9.47. The van der Waals surface area contributed by atoms with E-state index in [1.807, 2.05) is 6.08 Å². The second kappa shape index (κ2) is 6.14. The maximum atomic E-state index is 12.8. The van der Waals surface area contributed by atoms with Crippen molar-refractivity contribution in [3.63, 3.8) is 0 Å². The minimum Gasteiger partial charge on any atom is -0.451 e. The maximum absolute atomic E-state index is 12.8. The highest BCUT2D eigenvalue weighted by Gasteiger charge is 2.67. The molecule has 0 N–H and O–H groups in total. The topological polar surface area (TPSA) is 60.4 Å². The molecule has 0 unspecified atom stereocenters. The van der Waals surface area contributed by atoms with Gasteiger partial charge in [-0.05, 0) is 80.8 Å². The van der Waals surface area contributed by atoms with E-state index in [2.05, 4.69) is 26.8 Å². The fourth-order valence-corrected chi connectivity index (χ4v) is 7.48. The van der Waals surface area contributed by atoms with Crippen LogP contribution in [0.5, 0.6) is 0 Å². The Kier molecular flexibility index (Phi) is 4.30. The summed E-state index contributed by atoms with van der Waals surface area (Å²) in [5.74, 6) is 1.03. The summed E-state index contributed by atoms with van der Waals surface area (Å²) >= 11 is 0. The average molecular weight is 385 g/mol. The van der Waals surface area contributed by atoms with Gasteiger partial charge in [-0.3, -0.25) is 14.4 Å². The van der Waals surface area contributed by atoms with Crippen molar-refractivity contribution in [3.8, 4) is 0 Å². The van der Waals surface area contributed by atoms with Crippen molar-refractivity contribution in [2.45, 2.75) is 78.7 Å². The molecule has 6 atom stereocenters. The van der Waals surface area contributed by atoms with Gasteiger partial charge in [-0.25, -0.2) is 0 Å². The largest absolute Gasteiger partial charge is 0.451 e. The molecular weight excluding hydrogens is 352 g/mol. The van der Waals surface area contributed by atoms with E-state index < -0.39 is 5.60 Å². The third kappa shape index (κ3) is 2.39. The molecule has 0 saturated heterocycles. The molecule has 4 rings (SSSR count). The molecule has 4 aliphatic rings. The molecule has 0 bridgehead atoms. The maximum Gasteiger partial charge on any atom is 0.303 e. The molecule has 0 amide bonds. The van der Waals surface area contributed by atoms with Crippen LogP contribution < -0.4 is 0 Å². The van der Waals surface area contributed by atoms with E-state index in [-0.39, 0.29) is 28.4 Å². The van der Waals surface area contributed by atoms with Crippen molar-refractivity contribution >= 4 is 17.5 Å². The molecule has 2 saturated carbocycles. The Labute approximate surface area is 167 Å². The van der Waals surface area contributed by atoms with E-state index in [0.717, 1.165) is 25.7 Å². The molecule has 4 nitrogen and oxygen atoms in total. The van der Waals surface area contributed by atoms with Crippen molar-refractivity contribution < 1.29 is 19.1 Å². The number of hydrogen-bond acceptors (Lipinski definition) is 4. The number of esters is 1. The minimum absolute atomic E-state index is 0.0160. The Bertz CT molecular complexity index is 820. The molecular formula is C24H32O4. The first-order valence-electron chi connectivity index (χ1n) is 10.7. The Morgan fingerprint density at radius 2 is 1.75 bits per heavy atom. The number of carbonyl (C=O) groups is 3. The summed E-state index contributed by atoms with van der Waals surface area (Å²) in [5, 5.41) is 0. The van der Waals surface area contributed by atoms with Crippen molar-refractivity contribution in [1.29, 1.82) is 0 Å². The predicted molar refractivity (Wildman–Crippen MR) is 106 cm³/mol. The van der Waals surface area contributed by atoms with E-state index in [0.29, 0.717) is 30.6 Å². The van der Waals surface area contributed by atoms with Crippen molar-refractivity contribution in [1.82, 2.24) is 0 Å². The normalized spacial score (nSPS) is 44.6. The SMILES string of the molecule is CC(=O)O[C@]1(C(C)=O)CC[C@@H]2[C@@H]3C=C(C)C4=CC(=O)CC[C@]4(C)[C@@H]3CC[C@]21C. The van der Waals surface area contributed by atoms with E-state index in [1.165, 1.54) is 18.1 Å². The van der Waals surface area contributed by atoms with Crippen LogP contribution in [0.3, 0.4) is 0 Å². The molecule has 4 heteroatoms. The van der Waals surface area contributed by atoms with E-state index in [1.54, 1.807) is 6.92 Å². The fraction of sp³-hybridized carbons (Fsp3) is 0.708. The molecule has 0 heterocycles. The van der Waals surface area contributed by atoms with Crippen LogP contribution >= 0.6 is 0 Å². The van der Waals surface area contributed by atoms with Gasteiger partial charge in [-0.1, -0.05) is 25.5 Å². The van der Waals surface area contributed by atoms with Crippen LogP contribution in [0, 0.1) is 28.6 Å². The van der Waals surface area contributed by atoms with Crippen molar-refractivity contribution in [3.05, 3.63) is 23.3 Å². The second-order valence-electron chi connectivity index (χ2n) is 10.1. The van der Waals surface area contributed by atoms with Gasteiger partial charge in [0.05, 0.1) is 0 Å². The number of ether oxygens (including phenoxy) is 1. The summed E-state index contributed by atoms with van der Waals surface area (Å²) in [5.41, 5.74) is 1.15. The first-order chi connectivity index (χ1) is 13.0. The van der Waals surface area contributed by atoms with Crippen molar-refractivity contribution in [2.75, 3.05) is 0 Å². The quantitative estimate of drug-likeness (QED) is 0.654. The third-order valence-corrected chi connectivity index (χ3v) is 8.84. The van der Waals surface area contributed by atoms with Gasteiger partial charge in [0.25, 0.3) is 0 Å². The second-order valence-corrected chi connectivity index (χ2v) is 10.1. The number of allylic oxidation sites excluding steroid dienone is 4. The summed E-state index contributed by atoms with van der Waals surface area (Å²) in [4.78, 5) is 36.8. The molecule has 4 aliphatic carbocycles. The molecule has 28 heavy (non-hydrogen) atoms. The lowest BCUT2D eigenvalue weighted by Gasteiger charge is -2.58. The smallest absolute Gasteiger partial charge is 0.303 e. The van der Waals surface area contributed by atoms with Crippen LogP contribution in [0.1, 0.15) is 73.1 Å². The minimum atomic E-state index is -0.990. The van der Waals surface area contributed by atoms with Gasteiger partial charge in [-0.15, -0.1) is 0 Å². The lowest BCUT2D eigenvalue weighted by molar-refractivity contribution is -0.185. The highest BCUT2D eigenvalue weighted by atomic mass is 16.6. The number of hydrogen-bond donors (Lipinski definition) is 0. The van der Waals surface area contributed by atoms with Gasteiger partial charge < -0.3 is 4.74 Å². The predicted octanol–water partition coefficient (Wildman–Crippen LogP) is 4.58. The number of fused-ring (bicyclic) bond motifs is 5. The van der Waals surface area contributed by atoms with Gasteiger partial charge >= 0.3 is 5.97 Å². The number of Topliss-reactive ketones (excluding diaryl/α,β-unsaturated/α-hetero) is 1. The van der Waals surface area contributed by atoms with Crippen molar-refractivity contribution in [2.24, 2.45) is 28.6 Å². The van der Waals surface area contributed by atoms with Gasteiger partial charge in [0, 0.05) is 18.8 Å². The standard InChI is InChI=1S/C24H32O4/c1-14-12-18-19(22(4)9-6-17(27)13-21(14)22)7-10-23(5)20(18)8-11-24(23,15(2)25)28-16(3)26/h12-13,18-20H,6-11H2,1-5H3/t18-,19-,20-,22-,23-,24+/m1/s1. The van der Waals surface area contributed by atoms with Gasteiger partial charge in [-0.2, -0.15) is 0 Å². The summed E-state index contributed by atoms with van der Waals surface area (Å²) < 4.78 is 5.82. The number of carbonyl (C=O) groups excluding carboxylic acids is 3. The monoisotopic (exact) mass is 384 g/mol. The van der Waals surface area contributed by atoms with E-state index in [9.17, 15) is 14.4 Å². The van der Waals surface area contributed by atoms with Gasteiger partial charge in [0.1, 0.15) is 0 Å². The zero-order valence-electron chi connectivity index (χ0n) is 17.8. The third-order valence-electron chi connectivity index (χ3n) is 8.84. The highest BCUT2D eigenvalue weighted by molar-refractivity contribution is 5.92. The van der Waals surface area contributed by atoms with E-state index in [4.69, 9.17) is 4.74 Å². The van der Waals surface area contributed by atoms with Crippen LogP contribution in [-0.2, 0) is 19.1 Å². The Balaban J connectivity index is 1.79. The van der Waals surface area contributed by atoms with Crippen LogP contribution in [-0.4, -0.2) is 23.1 Å². The summed E-state index contributed by atoms with van der Waals surface area (Å²) in [6, 6.07) is 0.